The minimum Gasteiger partial charge on any atom is -0.393 e. The standard InChI is InChI=1S/C20H27N3O2/c1-20(2,3)18-17(13-23(22-18)15-7-5-4-6-8-15)19(25)21-14-9-11-16(24)12-10-14/h4-8,13-14,16,24H,9-12H2,1-3H3,(H,21,25). The second-order valence-corrected chi connectivity index (χ2v) is 7.90. The monoisotopic (exact) mass is 341 g/mol. The van der Waals surface area contributed by atoms with Crippen molar-refractivity contribution in [3.63, 3.8) is 0 Å². The number of aliphatic hydroxyl groups is 1. The molecule has 1 aliphatic carbocycles. The number of benzene rings is 1. The molecule has 0 spiro atoms. The van der Waals surface area contributed by atoms with E-state index in [1.54, 1.807) is 4.68 Å². The maximum absolute atomic E-state index is 12.9. The smallest absolute Gasteiger partial charge is 0.255 e. The first-order chi connectivity index (χ1) is 11.8. The lowest BCUT2D eigenvalue weighted by Crippen LogP contribution is -2.39. The van der Waals surface area contributed by atoms with Crippen molar-refractivity contribution in [2.75, 3.05) is 0 Å². The Morgan fingerprint density at radius 3 is 2.40 bits per heavy atom. The van der Waals surface area contributed by atoms with Crippen LogP contribution in [0, 0.1) is 0 Å². The molecule has 1 aromatic carbocycles. The zero-order valence-electron chi connectivity index (χ0n) is 15.2. The Balaban J connectivity index is 1.86. The van der Waals surface area contributed by atoms with Crippen molar-refractivity contribution in [1.82, 2.24) is 15.1 Å². The van der Waals surface area contributed by atoms with Crippen LogP contribution in [0.15, 0.2) is 36.5 Å². The Hall–Kier alpha value is -2.14. The lowest BCUT2D eigenvalue weighted by Gasteiger charge is -2.26. The number of carbonyl (C=O) groups is 1. The second kappa shape index (κ2) is 7.00. The number of nitrogens with zero attached hydrogens (tertiary/aromatic N) is 2. The highest BCUT2D eigenvalue weighted by molar-refractivity contribution is 5.95. The van der Waals surface area contributed by atoms with Gasteiger partial charge in [0.05, 0.1) is 23.0 Å². The maximum atomic E-state index is 12.9. The van der Waals surface area contributed by atoms with Crippen molar-refractivity contribution in [1.29, 1.82) is 0 Å². The van der Waals surface area contributed by atoms with E-state index >= 15 is 0 Å². The number of carbonyl (C=O) groups excluding carboxylic acids is 1. The number of aliphatic hydroxyl groups excluding tert-OH is 1. The zero-order valence-corrected chi connectivity index (χ0v) is 15.2. The lowest BCUT2D eigenvalue weighted by atomic mass is 9.89. The third-order valence-electron chi connectivity index (χ3n) is 4.72. The molecule has 0 aliphatic heterocycles. The van der Waals surface area contributed by atoms with Crippen molar-refractivity contribution in [2.45, 2.75) is 64.0 Å². The summed E-state index contributed by atoms with van der Waals surface area (Å²) in [5.74, 6) is -0.0755. The van der Waals surface area contributed by atoms with Crippen LogP contribution in [-0.2, 0) is 5.41 Å². The molecule has 0 saturated heterocycles. The number of amides is 1. The molecule has 1 aromatic heterocycles. The van der Waals surface area contributed by atoms with Crippen molar-refractivity contribution >= 4 is 5.91 Å². The van der Waals surface area contributed by atoms with E-state index in [0.717, 1.165) is 37.1 Å². The molecule has 1 aliphatic rings. The highest BCUT2D eigenvalue weighted by atomic mass is 16.3. The van der Waals surface area contributed by atoms with Gasteiger partial charge < -0.3 is 10.4 Å². The van der Waals surface area contributed by atoms with E-state index in [1.165, 1.54) is 0 Å². The highest BCUT2D eigenvalue weighted by Crippen LogP contribution is 2.26. The van der Waals surface area contributed by atoms with E-state index in [9.17, 15) is 9.90 Å². The van der Waals surface area contributed by atoms with Crippen LogP contribution >= 0.6 is 0 Å². The average molecular weight is 341 g/mol. The van der Waals surface area contributed by atoms with Gasteiger partial charge in [-0.25, -0.2) is 4.68 Å². The predicted octanol–water partition coefficient (Wildman–Crippen LogP) is 3.20. The lowest BCUT2D eigenvalue weighted by molar-refractivity contribution is 0.0865. The summed E-state index contributed by atoms with van der Waals surface area (Å²) in [6.45, 7) is 6.20. The first kappa shape index (κ1) is 17.7. The van der Waals surface area contributed by atoms with Crippen LogP contribution in [0.2, 0.25) is 0 Å². The van der Waals surface area contributed by atoms with Crippen LogP contribution in [0.5, 0.6) is 0 Å². The van der Waals surface area contributed by atoms with Crippen molar-refractivity contribution in [3.05, 3.63) is 47.8 Å². The molecule has 5 heteroatoms. The summed E-state index contributed by atoms with van der Waals surface area (Å²) < 4.78 is 1.78. The normalized spacial score (nSPS) is 21.1. The SMILES string of the molecule is CC(C)(C)c1nn(-c2ccccc2)cc1C(=O)NC1CCC(O)CC1. The minimum absolute atomic E-state index is 0.0755. The molecule has 1 fully saturated rings. The van der Waals surface area contributed by atoms with Crippen LogP contribution in [-0.4, -0.2) is 32.9 Å². The molecular formula is C20H27N3O2. The molecular weight excluding hydrogens is 314 g/mol. The number of nitrogens with one attached hydrogen (secondary N) is 1. The molecule has 25 heavy (non-hydrogen) atoms. The van der Waals surface area contributed by atoms with E-state index in [1.807, 2.05) is 36.5 Å². The van der Waals surface area contributed by atoms with Gasteiger partial charge >= 0.3 is 0 Å². The van der Waals surface area contributed by atoms with Gasteiger partial charge in [0.2, 0.25) is 0 Å². The number of para-hydroxylation sites is 1. The summed E-state index contributed by atoms with van der Waals surface area (Å²) in [6, 6.07) is 9.96. The van der Waals surface area contributed by atoms with Gasteiger partial charge in [-0.1, -0.05) is 39.0 Å². The third kappa shape index (κ3) is 4.10. The number of rotatable bonds is 3. The molecule has 3 rings (SSSR count). The number of aromatic nitrogens is 2. The predicted molar refractivity (Wildman–Crippen MR) is 98.0 cm³/mol. The van der Waals surface area contributed by atoms with Crippen LogP contribution < -0.4 is 5.32 Å². The molecule has 0 radical (unpaired) electrons. The number of hydrogen-bond donors (Lipinski definition) is 2. The number of hydrogen-bond acceptors (Lipinski definition) is 3. The molecule has 0 bridgehead atoms. The Morgan fingerprint density at radius 2 is 1.80 bits per heavy atom. The van der Waals surface area contributed by atoms with Gasteiger partial charge in [0, 0.05) is 17.7 Å². The molecule has 1 saturated carbocycles. The summed E-state index contributed by atoms with van der Waals surface area (Å²) in [5.41, 5.74) is 2.13. The third-order valence-corrected chi connectivity index (χ3v) is 4.72. The zero-order chi connectivity index (χ0) is 18.0. The van der Waals surface area contributed by atoms with Gasteiger partial charge in [-0.2, -0.15) is 5.10 Å². The van der Waals surface area contributed by atoms with Crippen molar-refractivity contribution in [3.8, 4) is 5.69 Å². The second-order valence-electron chi connectivity index (χ2n) is 7.90. The molecule has 1 amide bonds. The molecule has 0 unspecified atom stereocenters. The largest absolute Gasteiger partial charge is 0.393 e. The average Bonchev–Trinajstić information content (AvgIpc) is 3.04. The van der Waals surface area contributed by atoms with E-state index in [0.29, 0.717) is 5.56 Å². The fourth-order valence-corrected chi connectivity index (χ4v) is 3.29. The highest BCUT2D eigenvalue weighted by Gasteiger charge is 2.28. The van der Waals surface area contributed by atoms with Gasteiger partial charge in [0.15, 0.2) is 0 Å². The van der Waals surface area contributed by atoms with E-state index < -0.39 is 0 Å². The molecule has 2 aromatic rings. The van der Waals surface area contributed by atoms with E-state index in [-0.39, 0.29) is 23.5 Å². The van der Waals surface area contributed by atoms with E-state index in [4.69, 9.17) is 5.10 Å². The topological polar surface area (TPSA) is 67.2 Å². The van der Waals surface area contributed by atoms with Crippen LogP contribution in [0.4, 0.5) is 0 Å². The Kier molecular flexibility index (Phi) is 4.95. The quantitative estimate of drug-likeness (QED) is 0.901. The molecule has 2 N–H and O–H groups in total. The van der Waals surface area contributed by atoms with Crippen LogP contribution in [0.1, 0.15) is 62.5 Å². The first-order valence-electron chi connectivity index (χ1n) is 8.99. The summed E-state index contributed by atoms with van der Waals surface area (Å²) in [5, 5.41) is 17.5. The first-order valence-corrected chi connectivity index (χ1v) is 8.99. The van der Waals surface area contributed by atoms with Crippen LogP contribution in [0.25, 0.3) is 5.69 Å². The molecule has 0 atom stereocenters. The molecule has 134 valence electrons. The Morgan fingerprint density at radius 1 is 1.16 bits per heavy atom. The van der Waals surface area contributed by atoms with Crippen molar-refractivity contribution in [2.24, 2.45) is 0 Å². The summed E-state index contributed by atoms with van der Waals surface area (Å²) in [7, 11) is 0. The molecule has 1 heterocycles. The van der Waals surface area contributed by atoms with Gasteiger partial charge in [0.1, 0.15) is 0 Å². The fraction of sp³-hybridized carbons (Fsp3) is 0.500. The minimum atomic E-state index is -0.227. The summed E-state index contributed by atoms with van der Waals surface area (Å²) >= 11 is 0. The maximum Gasteiger partial charge on any atom is 0.255 e. The van der Waals surface area contributed by atoms with Gasteiger partial charge in [0.25, 0.3) is 5.91 Å². The van der Waals surface area contributed by atoms with Crippen molar-refractivity contribution < 1.29 is 9.90 Å². The summed E-state index contributed by atoms with van der Waals surface area (Å²) in [6.07, 6.45) is 4.75. The van der Waals surface area contributed by atoms with Crippen LogP contribution in [0.3, 0.4) is 0 Å². The van der Waals surface area contributed by atoms with Gasteiger partial charge in [-0.15, -0.1) is 0 Å². The van der Waals surface area contributed by atoms with E-state index in [2.05, 4.69) is 26.1 Å². The Labute approximate surface area is 149 Å². The molecule has 5 nitrogen and oxygen atoms in total. The summed E-state index contributed by atoms with van der Waals surface area (Å²) in [4.78, 5) is 12.9. The van der Waals surface area contributed by atoms with Gasteiger partial charge in [-0.3, -0.25) is 4.79 Å². The fourth-order valence-electron chi connectivity index (χ4n) is 3.29. The van der Waals surface area contributed by atoms with Gasteiger partial charge in [-0.05, 0) is 37.8 Å². The Bertz CT molecular complexity index is 723.